The van der Waals surface area contributed by atoms with Crippen LogP contribution in [0.4, 0.5) is 0 Å². The first-order chi connectivity index (χ1) is 9.26. The summed E-state index contributed by atoms with van der Waals surface area (Å²) in [6.07, 6.45) is 2.65. The van der Waals surface area contributed by atoms with E-state index < -0.39 is 0 Å². The molecule has 1 aliphatic heterocycles. The second-order valence-electron chi connectivity index (χ2n) is 4.74. The molecule has 1 heterocycles. The number of nitrogens with zero attached hydrogens (tertiary/aromatic N) is 1. The molecule has 19 heavy (non-hydrogen) atoms. The van der Waals surface area contributed by atoms with Gasteiger partial charge in [0.15, 0.2) is 0 Å². The Bertz CT molecular complexity index is 459. The Hall–Kier alpha value is -1.81. The van der Waals surface area contributed by atoms with Gasteiger partial charge in [0.2, 0.25) is 0 Å². The van der Waals surface area contributed by atoms with Gasteiger partial charge >= 0.3 is 0 Å². The second-order valence-corrected chi connectivity index (χ2v) is 4.74. The molecule has 1 aromatic rings. The number of para-hydroxylation sites is 1. The van der Waals surface area contributed by atoms with Crippen molar-refractivity contribution >= 4 is 5.91 Å². The molecule has 1 aliphatic rings. The molecule has 2 rings (SSSR count). The molecule has 0 aromatic heterocycles. The molecule has 1 unspecified atom stereocenters. The molecule has 0 radical (unpaired) electrons. The van der Waals surface area contributed by atoms with Crippen molar-refractivity contribution in [1.82, 2.24) is 4.90 Å². The van der Waals surface area contributed by atoms with Crippen molar-refractivity contribution in [2.75, 3.05) is 26.2 Å². The van der Waals surface area contributed by atoms with Crippen LogP contribution < -0.4 is 10.5 Å². The number of benzene rings is 1. The van der Waals surface area contributed by atoms with Gasteiger partial charge < -0.3 is 15.4 Å². The summed E-state index contributed by atoms with van der Waals surface area (Å²) < 4.78 is 5.53. The smallest absolute Gasteiger partial charge is 0.257 e. The van der Waals surface area contributed by atoms with E-state index in [2.05, 4.69) is 6.58 Å². The minimum Gasteiger partial charge on any atom is -0.489 e. The molecule has 0 aliphatic carbocycles. The van der Waals surface area contributed by atoms with E-state index in [-0.39, 0.29) is 5.91 Å². The van der Waals surface area contributed by atoms with E-state index in [1.165, 1.54) is 0 Å². The van der Waals surface area contributed by atoms with Crippen molar-refractivity contribution in [3.05, 3.63) is 42.5 Å². The summed E-state index contributed by atoms with van der Waals surface area (Å²) in [5.41, 5.74) is 6.27. The van der Waals surface area contributed by atoms with Crippen LogP contribution in [0.2, 0.25) is 0 Å². The summed E-state index contributed by atoms with van der Waals surface area (Å²) in [5.74, 6) is 1.06. The minimum absolute atomic E-state index is 0.0237. The van der Waals surface area contributed by atoms with Gasteiger partial charge in [-0.25, -0.2) is 0 Å². The molecule has 4 heteroatoms. The van der Waals surface area contributed by atoms with Crippen molar-refractivity contribution < 1.29 is 9.53 Å². The van der Waals surface area contributed by atoms with Crippen LogP contribution in [0.25, 0.3) is 0 Å². The topological polar surface area (TPSA) is 55.6 Å². The van der Waals surface area contributed by atoms with E-state index in [0.29, 0.717) is 30.4 Å². The number of hydrogen-bond donors (Lipinski definition) is 1. The van der Waals surface area contributed by atoms with E-state index in [1.54, 1.807) is 12.1 Å². The first-order valence-electron chi connectivity index (χ1n) is 6.58. The number of amides is 1. The number of likely N-dealkylation sites (tertiary alicyclic amines) is 1. The third-order valence-corrected chi connectivity index (χ3v) is 3.38. The lowest BCUT2D eigenvalue weighted by Crippen LogP contribution is -2.30. The van der Waals surface area contributed by atoms with Crippen LogP contribution in [0.5, 0.6) is 5.75 Å². The van der Waals surface area contributed by atoms with Crippen LogP contribution in [0.3, 0.4) is 0 Å². The highest BCUT2D eigenvalue weighted by molar-refractivity contribution is 5.97. The van der Waals surface area contributed by atoms with Gasteiger partial charge in [0, 0.05) is 13.1 Å². The molecule has 0 saturated carbocycles. The van der Waals surface area contributed by atoms with Crippen LogP contribution in [-0.2, 0) is 0 Å². The zero-order valence-corrected chi connectivity index (χ0v) is 11.0. The number of ether oxygens (including phenoxy) is 1. The first kappa shape index (κ1) is 13.6. The van der Waals surface area contributed by atoms with E-state index in [9.17, 15) is 4.79 Å². The van der Waals surface area contributed by atoms with Crippen LogP contribution >= 0.6 is 0 Å². The monoisotopic (exact) mass is 260 g/mol. The van der Waals surface area contributed by atoms with Gasteiger partial charge in [-0.15, -0.1) is 0 Å². The fourth-order valence-corrected chi connectivity index (χ4v) is 2.30. The molecule has 1 atom stereocenters. The fraction of sp³-hybridized carbons (Fsp3) is 0.400. The largest absolute Gasteiger partial charge is 0.489 e. The maximum absolute atomic E-state index is 12.5. The van der Waals surface area contributed by atoms with Crippen LogP contribution in [0.1, 0.15) is 16.8 Å². The summed E-state index contributed by atoms with van der Waals surface area (Å²) in [6, 6.07) is 7.33. The van der Waals surface area contributed by atoms with Crippen molar-refractivity contribution in [3.63, 3.8) is 0 Å². The summed E-state index contributed by atoms with van der Waals surface area (Å²) in [5, 5.41) is 0. The highest BCUT2D eigenvalue weighted by Gasteiger charge is 2.27. The number of carbonyl (C=O) groups is 1. The number of hydrogen-bond acceptors (Lipinski definition) is 3. The van der Waals surface area contributed by atoms with Gasteiger partial charge in [0.1, 0.15) is 12.4 Å². The zero-order chi connectivity index (χ0) is 13.7. The molecule has 1 saturated heterocycles. The standard InChI is InChI=1S/C15H20N2O2/c1-2-9-19-14-6-4-3-5-13(14)15(18)17-8-7-12(10-16)11-17/h2-6,12H,1,7-11,16H2. The minimum atomic E-state index is 0.0237. The van der Waals surface area contributed by atoms with Crippen LogP contribution in [-0.4, -0.2) is 37.0 Å². The fourth-order valence-electron chi connectivity index (χ4n) is 2.30. The quantitative estimate of drug-likeness (QED) is 0.819. The van der Waals surface area contributed by atoms with Crippen molar-refractivity contribution in [2.24, 2.45) is 11.7 Å². The maximum Gasteiger partial charge on any atom is 0.257 e. The normalized spacial score (nSPS) is 18.4. The molecular weight excluding hydrogens is 240 g/mol. The van der Waals surface area contributed by atoms with Gasteiger partial charge in [0.25, 0.3) is 5.91 Å². The van der Waals surface area contributed by atoms with Gasteiger partial charge in [-0.2, -0.15) is 0 Å². The third kappa shape index (κ3) is 3.15. The molecule has 0 spiro atoms. The van der Waals surface area contributed by atoms with Crippen molar-refractivity contribution in [3.8, 4) is 5.75 Å². The highest BCUT2D eigenvalue weighted by Crippen LogP contribution is 2.23. The number of carbonyl (C=O) groups excluding carboxylic acids is 1. The van der Waals surface area contributed by atoms with Crippen molar-refractivity contribution in [1.29, 1.82) is 0 Å². The molecule has 1 fully saturated rings. The molecular formula is C15H20N2O2. The predicted molar refractivity (Wildman–Crippen MR) is 75.2 cm³/mol. The average Bonchev–Trinajstić information content (AvgIpc) is 2.93. The number of nitrogens with two attached hydrogens (primary N) is 1. The SMILES string of the molecule is C=CCOc1ccccc1C(=O)N1CCC(CN)C1. The molecule has 4 nitrogen and oxygen atoms in total. The summed E-state index contributed by atoms with van der Waals surface area (Å²) in [4.78, 5) is 14.3. The zero-order valence-electron chi connectivity index (χ0n) is 11.0. The van der Waals surface area contributed by atoms with E-state index in [1.807, 2.05) is 23.1 Å². The Morgan fingerprint density at radius 2 is 2.32 bits per heavy atom. The molecule has 102 valence electrons. The number of rotatable bonds is 5. The van der Waals surface area contributed by atoms with Crippen LogP contribution in [0.15, 0.2) is 36.9 Å². The summed E-state index contributed by atoms with van der Waals surface area (Å²) >= 11 is 0. The third-order valence-electron chi connectivity index (χ3n) is 3.38. The summed E-state index contributed by atoms with van der Waals surface area (Å²) in [7, 11) is 0. The van der Waals surface area contributed by atoms with Gasteiger partial charge in [0.05, 0.1) is 5.56 Å². The Balaban J connectivity index is 2.12. The lowest BCUT2D eigenvalue weighted by molar-refractivity contribution is 0.0784. The van der Waals surface area contributed by atoms with Gasteiger partial charge in [-0.3, -0.25) is 4.79 Å². The highest BCUT2D eigenvalue weighted by atomic mass is 16.5. The molecule has 1 amide bonds. The van der Waals surface area contributed by atoms with Gasteiger partial charge in [-0.1, -0.05) is 24.8 Å². The first-order valence-corrected chi connectivity index (χ1v) is 6.58. The lowest BCUT2D eigenvalue weighted by Gasteiger charge is -2.18. The Kier molecular flexibility index (Phi) is 4.58. The Morgan fingerprint density at radius 3 is 3.00 bits per heavy atom. The van der Waals surface area contributed by atoms with Crippen LogP contribution in [0, 0.1) is 5.92 Å². The Morgan fingerprint density at radius 1 is 1.53 bits per heavy atom. The molecule has 0 bridgehead atoms. The predicted octanol–water partition coefficient (Wildman–Crippen LogP) is 1.67. The molecule has 2 N–H and O–H groups in total. The van der Waals surface area contributed by atoms with Crippen molar-refractivity contribution in [2.45, 2.75) is 6.42 Å². The van der Waals surface area contributed by atoms with E-state index in [4.69, 9.17) is 10.5 Å². The average molecular weight is 260 g/mol. The van der Waals surface area contributed by atoms with E-state index in [0.717, 1.165) is 19.5 Å². The maximum atomic E-state index is 12.5. The molecule has 1 aromatic carbocycles. The van der Waals surface area contributed by atoms with Gasteiger partial charge in [-0.05, 0) is 31.0 Å². The summed E-state index contributed by atoms with van der Waals surface area (Å²) in [6.45, 7) is 6.17. The van der Waals surface area contributed by atoms with E-state index >= 15 is 0 Å². The Labute approximate surface area is 113 Å². The lowest BCUT2D eigenvalue weighted by atomic mass is 10.1. The second kappa shape index (κ2) is 6.38.